The maximum absolute atomic E-state index is 13.0. The van der Waals surface area contributed by atoms with Gasteiger partial charge in [-0.1, -0.05) is 31.3 Å². The average Bonchev–Trinajstić information content (AvgIpc) is 3.18. The molecule has 134 valence electrons. The maximum Gasteiger partial charge on any atom is 0.252 e. The number of aryl methyl sites for hydroxylation is 1. The number of nitrogens with zero attached hydrogens (tertiary/aromatic N) is 3. The molecule has 24 heavy (non-hydrogen) atoms. The predicted molar refractivity (Wildman–Crippen MR) is 86.1 cm³/mol. The van der Waals surface area contributed by atoms with E-state index in [1.165, 1.54) is 19.3 Å². The average molecular weight is 337 g/mol. The van der Waals surface area contributed by atoms with E-state index in [-0.39, 0.29) is 24.6 Å². The van der Waals surface area contributed by atoms with Gasteiger partial charge in [-0.3, -0.25) is 4.79 Å². The molecule has 0 spiro atoms. The number of carbonyl (C=O) groups is 1. The van der Waals surface area contributed by atoms with E-state index in [9.17, 15) is 9.90 Å². The number of likely N-dealkylation sites (tertiary alicyclic amines) is 1. The lowest BCUT2D eigenvalue weighted by Gasteiger charge is -2.30. The van der Waals surface area contributed by atoms with E-state index in [1.807, 2.05) is 6.92 Å². The Morgan fingerprint density at radius 1 is 1.42 bits per heavy atom. The number of hydrogen-bond acceptors (Lipinski definition) is 6. The predicted octanol–water partition coefficient (Wildman–Crippen LogP) is 2.14. The third-order valence-corrected chi connectivity index (χ3v) is 4.95. The summed E-state index contributed by atoms with van der Waals surface area (Å²) in [7, 11) is 0. The van der Waals surface area contributed by atoms with E-state index < -0.39 is 12.2 Å². The van der Waals surface area contributed by atoms with Crippen LogP contribution in [-0.4, -0.2) is 50.9 Å². The van der Waals surface area contributed by atoms with Gasteiger partial charge in [0.15, 0.2) is 5.82 Å². The summed E-state index contributed by atoms with van der Waals surface area (Å²) in [6.45, 7) is 3.99. The third-order valence-electron chi connectivity index (χ3n) is 4.95. The number of hydrogen-bond donors (Lipinski definition) is 1. The van der Waals surface area contributed by atoms with Gasteiger partial charge in [-0.15, -0.1) is 0 Å². The van der Waals surface area contributed by atoms with Crippen molar-refractivity contribution >= 4 is 5.91 Å². The summed E-state index contributed by atoms with van der Waals surface area (Å²) in [5, 5.41) is 13.8. The highest BCUT2D eigenvalue weighted by molar-refractivity contribution is 5.81. The summed E-state index contributed by atoms with van der Waals surface area (Å²) in [5.74, 6) is 0.842. The number of aromatic nitrogens is 2. The summed E-state index contributed by atoms with van der Waals surface area (Å²) in [5.41, 5.74) is 0. The van der Waals surface area contributed by atoms with Crippen LogP contribution in [0.25, 0.3) is 0 Å². The molecule has 3 rings (SSSR count). The van der Waals surface area contributed by atoms with Crippen LogP contribution in [0.3, 0.4) is 0 Å². The fraction of sp³-hybridized carbons (Fsp3) is 0.824. The lowest BCUT2D eigenvalue weighted by atomic mass is 9.97. The summed E-state index contributed by atoms with van der Waals surface area (Å²) in [6, 6.07) is -0.363. The summed E-state index contributed by atoms with van der Waals surface area (Å²) in [6.07, 6.45) is 5.82. The van der Waals surface area contributed by atoms with E-state index in [0.29, 0.717) is 24.6 Å². The number of rotatable bonds is 5. The van der Waals surface area contributed by atoms with Crippen LogP contribution in [-0.2, 0) is 9.53 Å². The molecule has 2 heterocycles. The quantitative estimate of drug-likeness (QED) is 0.885. The van der Waals surface area contributed by atoms with Crippen LogP contribution in [0.15, 0.2) is 4.52 Å². The second-order valence-electron chi connectivity index (χ2n) is 6.87. The Bertz CT molecular complexity index is 556. The molecule has 0 unspecified atom stereocenters. The molecule has 1 amide bonds. The molecule has 1 saturated heterocycles. The third kappa shape index (κ3) is 3.78. The number of ether oxygens (including phenoxy) is 1. The molecule has 2 fully saturated rings. The number of amides is 1. The minimum absolute atomic E-state index is 0.0829. The first kappa shape index (κ1) is 17.4. The zero-order valence-electron chi connectivity index (χ0n) is 14.5. The van der Waals surface area contributed by atoms with Gasteiger partial charge in [0.1, 0.15) is 12.1 Å². The zero-order chi connectivity index (χ0) is 17.1. The SMILES string of the molecule is CC[C@@H](OC1CCCCC1)C(=O)N1C[C@H](O)C[C@@H]1c1nc(C)no1. The van der Waals surface area contributed by atoms with Gasteiger partial charge in [0, 0.05) is 13.0 Å². The minimum atomic E-state index is -0.571. The molecule has 1 aliphatic heterocycles. The number of aliphatic hydroxyl groups excluding tert-OH is 1. The Kier molecular flexibility index (Phi) is 5.50. The highest BCUT2D eigenvalue weighted by Gasteiger charge is 2.41. The molecule has 0 radical (unpaired) electrons. The van der Waals surface area contributed by atoms with Crippen LogP contribution in [0, 0.1) is 6.92 Å². The molecule has 1 N–H and O–H groups in total. The monoisotopic (exact) mass is 337 g/mol. The van der Waals surface area contributed by atoms with Gasteiger partial charge < -0.3 is 19.3 Å². The van der Waals surface area contributed by atoms with Crippen molar-refractivity contribution in [1.82, 2.24) is 15.0 Å². The smallest absolute Gasteiger partial charge is 0.252 e. The number of β-amino-alcohol motifs (C(OH)–C–C–N with tert-alkyl or cyclic N) is 1. The van der Waals surface area contributed by atoms with E-state index in [2.05, 4.69) is 10.1 Å². The summed E-state index contributed by atoms with van der Waals surface area (Å²) < 4.78 is 11.3. The normalized spacial score (nSPS) is 26.7. The van der Waals surface area contributed by atoms with Crippen LogP contribution in [0.2, 0.25) is 0 Å². The van der Waals surface area contributed by atoms with Gasteiger partial charge in [0.05, 0.1) is 12.2 Å². The summed E-state index contributed by atoms with van der Waals surface area (Å²) in [4.78, 5) is 18.9. The molecule has 1 saturated carbocycles. The topological polar surface area (TPSA) is 88.7 Å². The van der Waals surface area contributed by atoms with Gasteiger partial charge in [0.25, 0.3) is 5.91 Å². The van der Waals surface area contributed by atoms with Gasteiger partial charge in [0.2, 0.25) is 5.89 Å². The van der Waals surface area contributed by atoms with Crippen molar-refractivity contribution in [2.24, 2.45) is 0 Å². The Hall–Kier alpha value is -1.47. The molecule has 0 aromatic carbocycles. The van der Waals surface area contributed by atoms with Crippen molar-refractivity contribution in [2.45, 2.75) is 83.1 Å². The highest BCUT2D eigenvalue weighted by atomic mass is 16.5. The lowest BCUT2D eigenvalue weighted by molar-refractivity contribution is -0.151. The van der Waals surface area contributed by atoms with Gasteiger partial charge in [-0.05, 0) is 26.2 Å². The van der Waals surface area contributed by atoms with E-state index >= 15 is 0 Å². The fourth-order valence-corrected chi connectivity index (χ4v) is 3.69. The van der Waals surface area contributed by atoms with Crippen LogP contribution < -0.4 is 0 Å². The molecule has 7 heteroatoms. The first-order chi connectivity index (χ1) is 11.6. The van der Waals surface area contributed by atoms with Crippen molar-refractivity contribution in [1.29, 1.82) is 0 Å². The largest absolute Gasteiger partial charge is 0.391 e. The van der Waals surface area contributed by atoms with Gasteiger partial charge in [-0.25, -0.2) is 0 Å². The molecule has 0 bridgehead atoms. The van der Waals surface area contributed by atoms with E-state index in [4.69, 9.17) is 9.26 Å². The Morgan fingerprint density at radius 3 is 2.79 bits per heavy atom. The Morgan fingerprint density at radius 2 is 2.17 bits per heavy atom. The van der Waals surface area contributed by atoms with Crippen molar-refractivity contribution in [3.05, 3.63) is 11.7 Å². The first-order valence-electron chi connectivity index (χ1n) is 9.02. The fourth-order valence-electron chi connectivity index (χ4n) is 3.69. The molecular weight excluding hydrogens is 310 g/mol. The van der Waals surface area contributed by atoms with Gasteiger partial charge in [-0.2, -0.15) is 4.98 Å². The van der Waals surface area contributed by atoms with Gasteiger partial charge >= 0.3 is 0 Å². The minimum Gasteiger partial charge on any atom is -0.391 e. The molecule has 1 aromatic heterocycles. The summed E-state index contributed by atoms with van der Waals surface area (Å²) >= 11 is 0. The molecule has 3 atom stereocenters. The highest BCUT2D eigenvalue weighted by Crippen LogP contribution is 2.33. The maximum atomic E-state index is 13.0. The zero-order valence-corrected chi connectivity index (χ0v) is 14.5. The number of carbonyl (C=O) groups excluding carboxylic acids is 1. The van der Waals surface area contributed by atoms with Crippen molar-refractivity contribution < 1.29 is 19.2 Å². The first-order valence-corrected chi connectivity index (χ1v) is 9.02. The Labute approximate surface area is 142 Å². The van der Waals surface area contributed by atoms with Crippen LogP contribution in [0.4, 0.5) is 0 Å². The van der Waals surface area contributed by atoms with E-state index in [1.54, 1.807) is 11.8 Å². The second kappa shape index (κ2) is 7.61. The molecule has 1 aliphatic carbocycles. The van der Waals surface area contributed by atoms with Crippen LogP contribution >= 0.6 is 0 Å². The molecule has 1 aromatic rings. The number of aliphatic hydroxyl groups is 1. The second-order valence-corrected chi connectivity index (χ2v) is 6.87. The van der Waals surface area contributed by atoms with E-state index in [0.717, 1.165) is 12.8 Å². The van der Waals surface area contributed by atoms with Crippen LogP contribution in [0.5, 0.6) is 0 Å². The van der Waals surface area contributed by atoms with Crippen molar-refractivity contribution in [3.63, 3.8) is 0 Å². The lowest BCUT2D eigenvalue weighted by Crippen LogP contribution is -2.42. The molecule has 7 nitrogen and oxygen atoms in total. The standard InChI is InChI=1S/C17H27N3O4/c1-3-15(23-13-7-5-4-6-8-13)17(22)20-10-12(21)9-14(20)16-18-11(2)19-24-16/h12-15,21H,3-10H2,1-2H3/t12-,14-,15-/m1/s1. The Balaban J connectivity index is 1.70. The molecular formula is C17H27N3O4. The van der Waals surface area contributed by atoms with Crippen molar-refractivity contribution in [3.8, 4) is 0 Å². The molecule has 2 aliphatic rings. The van der Waals surface area contributed by atoms with Crippen molar-refractivity contribution in [2.75, 3.05) is 6.54 Å². The van der Waals surface area contributed by atoms with Crippen LogP contribution in [0.1, 0.15) is 69.6 Å².